The van der Waals surface area contributed by atoms with Crippen molar-refractivity contribution in [2.45, 2.75) is 0 Å². The zero-order valence-electron chi connectivity index (χ0n) is 16.1. The zero-order chi connectivity index (χ0) is 22.1. The van der Waals surface area contributed by atoms with E-state index < -0.39 is 16.7 Å². The van der Waals surface area contributed by atoms with Crippen molar-refractivity contribution in [1.82, 2.24) is 15.7 Å². The fourth-order valence-corrected chi connectivity index (χ4v) is 2.47. The number of non-ortho nitro benzene ring substituents is 1. The Bertz CT molecular complexity index is 1130. The lowest BCUT2D eigenvalue weighted by Gasteiger charge is -2.09. The smallest absolute Gasteiger partial charge is 0.287 e. The van der Waals surface area contributed by atoms with E-state index in [1.54, 1.807) is 54.7 Å². The Hall–Kier alpha value is -4.66. The molecule has 0 fully saturated rings. The summed E-state index contributed by atoms with van der Waals surface area (Å²) in [5, 5.41) is 17.2. The summed E-state index contributed by atoms with van der Waals surface area (Å²) < 4.78 is 0. The SMILES string of the molecule is O=C(N/N=C\c1ccccn1)/C(=C/c1ccc([N+](=O)[O-])cc1)NC(=O)c1ccccc1. The molecule has 0 saturated heterocycles. The number of pyridine rings is 1. The summed E-state index contributed by atoms with van der Waals surface area (Å²) in [5.74, 6) is -1.16. The highest BCUT2D eigenvalue weighted by Crippen LogP contribution is 2.14. The minimum atomic E-state index is -0.671. The molecule has 0 unspecified atom stereocenters. The number of hydrogen-bond acceptors (Lipinski definition) is 6. The summed E-state index contributed by atoms with van der Waals surface area (Å²) >= 11 is 0. The standard InChI is InChI=1S/C22H17N5O4/c28-21(17-6-2-1-3-7-17)25-20(14-16-9-11-19(12-10-16)27(30)31)22(29)26-24-15-18-8-4-5-13-23-18/h1-15H,(H,25,28)(H,26,29)/b20-14-,24-15-. The second-order valence-corrected chi connectivity index (χ2v) is 6.18. The molecular weight excluding hydrogens is 398 g/mol. The number of nitrogens with one attached hydrogen (secondary N) is 2. The van der Waals surface area contributed by atoms with Crippen molar-refractivity contribution in [2.75, 3.05) is 0 Å². The average Bonchev–Trinajstić information content (AvgIpc) is 2.80. The number of benzene rings is 2. The fraction of sp³-hybridized carbons (Fsp3) is 0. The van der Waals surface area contributed by atoms with Crippen molar-refractivity contribution < 1.29 is 14.5 Å². The fourth-order valence-electron chi connectivity index (χ4n) is 2.47. The van der Waals surface area contributed by atoms with Gasteiger partial charge in [0, 0.05) is 23.9 Å². The molecule has 3 aromatic rings. The molecule has 0 aliphatic rings. The monoisotopic (exact) mass is 415 g/mol. The van der Waals surface area contributed by atoms with E-state index in [0.29, 0.717) is 16.8 Å². The molecule has 0 radical (unpaired) electrons. The number of nitro benzene ring substituents is 1. The van der Waals surface area contributed by atoms with Crippen molar-refractivity contribution in [3.05, 3.63) is 112 Å². The first-order chi connectivity index (χ1) is 15.0. The van der Waals surface area contributed by atoms with E-state index in [2.05, 4.69) is 20.8 Å². The predicted octanol–water partition coefficient (Wildman–Crippen LogP) is 2.91. The van der Waals surface area contributed by atoms with Crippen LogP contribution in [0.15, 0.2) is 89.8 Å². The van der Waals surface area contributed by atoms with E-state index in [9.17, 15) is 19.7 Å². The molecule has 0 bridgehead atoms. The third kappa shape index (κ3) is 6.16. The average molecular weight is 415 g/mol. The van der Waals surface area contributed by atoms with Crippen molar-refractivity contribution in [3.63, 3.8) is 0 Å². The van der Waals surface area contributed by atoms with Crippen LogP contribution in [-0.2, 0) is 4.79 Å². The van der Waals surface area contributed by atoms with Gasteiger partial charge in [-0.15, -0.1) is 0 Å². The minimum absolute atomic E-state index is 0.0825. The third-order valence-electron chi connectivity index (χ3n) is 3.99. The van der Waals surface area contributed by atoms with E-state index in [1.807, 2.05) is 0 Å². The quantitative estimate of drug-likeness (QED) is 0.265. The number of hydrogen-bond donors (Lipinski definition) is 2. The number of carbonyl (C=O) groups is 2. The van der Waals surface area contributed by atoms with E-state index >= 15 is 0 Å². The lowest BCUT2D eigenvalue weighted by Crippen LogP contribution is -2.32. The Morgan fingerprint density at radius 2 is 1.68 bits per heavy atom. The second-order valence-electron chi connectivity index (χ2n) is 6.18. The van der Waals surface area contributed by atoms with E-state index in [0.717, 1.165) is 0 Å². The van der Waals surface area contributed by atoms with Gasteiger partial charge in [0.1, 0.15) is 5.70 Å². The lowest BCUT2D eigenvalue weighted by molar-refractivity contribution is -0.384. The van der Waals surface area contributed by atoms with Crippen LogP contribution in [0.25, 0.3) is 6.08 Å². The van der Waals surface area contributed by atoms with Gasteiger partial charge in [0.05, 0.1) is 16.8 Å². The van der Waals surface area contributed by atoms with Gasteiger partial charge in [0.25, 0.3) is 17.5 Å². The van der Waals surface area contributed by atoms with Gasteiger partial charge < -0.3 is 5.32 Å². The van der Waals surface area contributed by atoms with Crippen LogP contribution < -0.4 is 10.7 Å². The maximum atomic E-state index is 12.6. The number of hydrazone groups is 1. The van der Waals surface area contributed by atoms with Crippen LogP contribution in [0, 0.1) is 10.1 Å². The van der Waals surface area contributed by atoms with E-state index in [4.69, 9.17) is 0 Å². The van der Waals surface area contributed by atoms with Gasteiger partial charge in [0.2, 0.25) is 0 Å². The van der Waals surface area contributed by atoms with Gasteiger partial charge in [-0.1, -0.05) is 24.3 Å². The molecular formula is C22H17N5O4. The maximum absolute atomic E-state index is 12.6. The van der Waals surface area contributed by atoms with Crippen LogP contribution in [-0.4, -0.2) is 27.9 Å². The maximum Gasteiger partial charge on any atom is 0.287 e. The Labute approximate surface area is 177 Å². The molecule has 2 N–H and O–H groups in total. The molecule has 1 heterocycles. The van der Waals surface area contributed by atoms with Crippen LogP contribution in [0.1, 0.15) is 21.6 Å². The number of carbonyl (C=O) groups excluding carboxylic acids is 2. The molecule has 0 spiro atoms. The molecule has 0 aliphatic carbocycles. The summed E-state index contributed by atoms with van der Waals surface area (Å²) in [7, 11) is 0. The third-order valence-corrected chi connectivity index (χ3v) is 3.99. The molecule has 1 aromatic heterocycles. The van der Waals surface area contributed by atoms with Gasteiger partial charge in [-0.3, -0.25) is 24.7 Å². The van der Waals surface area contributed by atoms with E-state index in [1.165, 1.54) is 36.6 Å². The Kier molecular flexibility index (Phi) is 6.94. The van der Waals surface area contributed by atoms with Gasteiger partial charge in [0.15, 0.2) is 0 Å². The van der Waals surface area contributed by atoms with Crippen LogP contribution in [0.4, 0.5) is 5.69 Å². The highest BCUT2D eigenvalue weighted by Gasteiger charge is 2.14. The number of rotatable bonds is 7. The van der Waals surface area contributed by atoms with Crippen molar-refractivity contribution >= 4 is 29.8 Å². The Morgan fingerprint density at radius 1 is 0.968 bits per heavy atom. The Balaban J connectivity index is 1.82. The van der Waals surface area contributed by atoms with E-state index in [-0.39, 0.29) is 11.4 Å². The van der Waals surface area contributed by atoms with Crippen molar-refractivity contribution in [2.24, 2.45) is 5.10 Å². The summed E-state index contributed by atoms with van der Waals surface area (Å²) in [4.78, 5) is 39.5. The summed E-state index contributed by atoms with van der Waals surface area (Å²) in [6.45, 7) is 0. The molecule has 0 atom stereocenters. The zero-order valence-corrected chi connectivity index (χ0v) is 16.1. The lowest BCUT2D eigenvalue weighted by atomic mass is 10.1. The first-order valence-corrected chi connectivity index (χ1v) is 9.10. The highest BCUT2D eigenvalue weighted by atomic mass is 16.6. The van der Waals surface area contributed by atoms with Crippen LogP contribution in [0.5, 0.6) is 0 Å². The summed E-state index contributed by atoms with van der Waals surface area (Å²) in [6.07, 6.45) is 4.35. The molecule has 2 aromatic carbocycles. The summed E-state index contributed by atoms with van der Waals surface area (Å²) in [5.41, 5.74) is 3.55. The van der Waals surface area contributed by atoms with Crippen molar-refractivity contribution in [3.8, 4) is 0 Å². The van der Waals surface area contributed by atoms with Crippen LogP contribution in [0.3, 0.4) is 0 Å². The number of aromatic nitrogens is 1. The molecule has 9 heteroatoms. The molecule has 0 saturated carbocycles. The van der Waals surface area contributed by atoms with Crippen molar-refractivity contribution in [1.29, 1.82) is 0 Å². The van der Waals surface area contributed by atoms with Gasteiger partial charge in [-0.2, -0.15) is 5.10 Å². The first kappa shape index (κ1) is 21.1. The van der Waals surface area contributed by atoms with Gasteiger partial charge in [-0.25, -0.2) is 5.43 Å². The molecule has 9 nitrogen and oxygen atoms in total. The van der Waals surface area contributed by atoms with Gasteiger partial charge >= 0.3 is 0 Å². The molecule has 154 valence electrons. The van der Waals surface area contributed by atoms with Gasteiger partial charge in [-0.05, 0) is 48.0 Å². The largest absolute Gasteiger partial charge is 0.317 e. The molecule has 2 amide bonds. The molecule has 31 heavy (non-hydrogen) atoms. The Morgan fingerprint density at radius 3 is 2.32 bits per heavy atom. The second kappa shape index (κ2) is 10.2. The number of nitrogens with zero attached hydrogens (tertiary/aromatic N) is 3. The van der Waals surface area contributed by atoms with Crippen LogP contribution >= 0.6 is 0 Å². The predicted molar refractivity (Wildman–Crippen MR) is 115 cm³/mol. The summed E-state index contributed by atoms with van der Waals surface area (Å²) in [6, 6.07) is 19.2. The molecule has 0 aliphatic heterocycles. The minimum Gasteiger partial charge on any atom is -0.317 e. The molecule has 3 rings (SSSR count). The van der Waals surface area contributed by atoms with Crippen LogP contribution in [0.2, 0.25) is 0 Å². The topological polar surface area (TPSA) is 127 Å². The first-order valence-electron chi connectivity index (χ1n) is 9.10. The number of amides is 2. The normalized spacial score (nSPS) is 11.2. The highest BCUT2D eigenvalue weighted by molar-refractivity contribution is 6.05. The number of nitro groups is 1.